The highest BCUT2D eigenvalue weighted by atomic mass is 32.1. The Labute approximate surface area is 148 Å². The SMILES string of the molecule is O=C(c1ccccc1F)N1CC[C@@H](c2nc(Cc3cccs3)no2)C1. The van der Waals surface area contributed by atoms with E-state index in [0.717, 1.165) is 6.42 Å². The highest BCUT2D eigenvalue weighted by Gasteiger charge is 2.32. The van der Waals surface area contributed by atoms with E-state index >= 15 is 0 Å². The quantitative estimate of drug-likeness (QED) is 0.717. The normalized spacial score (nSPS) is 17.2. The summed E-state index contributed by atoms with van der Waals surface area (Å²) in [6, 6.07) is 10.1. The van der Waals surface area contributed by atoms with Gasteiger partial charge in [0.05, 0.1) is 11.5 Å². The number of aromatic nitrogens is 2. The molecule has 0 saturated carbocycles. The zero-order chi connectivity index (χ0) is 17.2. The van der Waals surface area contributed by atoms with Crippen LogP contribution in [-0.2, 0) is 6.42 Å². The molecule has 1 fully saturated rings. The molecule has 4 rings (SSSR count). The molecule has 0 N–H and O–H groups in total. The molecule has 1 amide bonds. The summed E-state index contributed by atoms with van der Waals surface area (Å²) in [5.41, 5.74) is 0.104. The maximum Gasteiger partial charge on any atom is 0.256 e. The Morgan fingerprint density at radius 3 is 3.00 bits per heavy atom. The van der Waals surface area contributed by atoms with Gasteiger partial charge >= 0.3 is 0 Å². The summed E-state index contributed by atoms with van der Waals surface area (Å²) in [5.74, 6) is 0.415. The number of carbonyl (C=O) groups is 1. The van der Waals surface area contributed by atoms with Gasteiger partial charge in [-0.3, -0.25) is 4.79 Å². The molecule has 1 saturated heterocycles. The van der Waals surface area contributed by atoms with E-state index in [1.165, 1.54) is 17.0 Å². The Morgan fingerprint density at radius 1 is 1.32 bits per heavy atom. The Bertz CT molecular complexity index is 878. The van der Waals surface area contributed by atoms with Crippen LogP contribution in [0, 0.1) is 5.82 Å². The summed E-state index contributed by atoms with van der Waals surface area (Å²) in [4.78, 5) is 19.8. The molecule has 3 heterocycles. The fourth-order valence-electron chi connectivity index (χ4n) is 3.03. The fourth-order valence-corrected chi connectivity index (χ4v) is 3.73. The first-order valence-electron chi connectivity index (χ1n) is 8.09. The molecule has 0 spiro atoms. The molecule has 1 aromatic carbocycles. The van der Waals surface area contributed by atoms with Crippen LogP contribution in [0.4, 0.5) is 4.39 Å². The van der Waals surface area contributed by atoms with Crippen molar-refractivity contribution in [3.63, 3.8) is 0 Å². The van der Waals surface area contributed by atoms with Crippen molar-refractivity contribution < 1.29 is 13.7 Å². The van der Waals surface area contributed by atoms with Crippen LogP contribution in [0.5, 0.6) is 0 Å². The van der Waals surface area contributed by atoms with Crippen LogP contribution in [0.15, 0.2) is 46.3 Å². The van der Waals surface area contributed by atoms with Crippen molar-refractivity contribution in [1.29, 1.82) is 0 Å². The molecule has 0 bridgehead atoms. The topological polar surface area (TPSA) is 59.2 Å². The number of rotatable bonds is 4. The number of nitrogens with zero attached hydrogens (tertiary/aromatic N) is 3. The van der Waals surface area contributed by atoms with Gasteiger partial charge in [0.1, 0.15) is 5.82 Å². The molecule has 0 aliphatic carbocycles. The molecular weight excluding hydrogens is 341 g/mol. The standard InChI is InChI=1S/C18H16FN3O2S/c19-15-6-2-1-5-14(15)18(23)22-8-7-12(11-22)17-20-16(21-24-17)10-13-4-3-9-25-13/h1-6,9,12H,7-8,10-11H2/t12-/m1/s1. The molecule has 5 nitrogen and oxygen atoms in total. The molecule has 7 heteroatoms. The first-order chi connectivity index (χ1) is 12.2. The Hall–Kier alpha value is -2.54. The minimum atomic E-state index is -0.494. The van der Waals surface area contributed by atoms with E-state index in [1.54, 1.807) is 28.4 Å². The monoisotopic (exact) mass is 357 g/mol. The van der Waals surface area contributed by atoms with E-state index in [1.807, 2.05) is 17.5 Å². The number of thiophene rings is 1. The molecular formula is C18H16FN3O2S. The average molecular weight is 357 g/mol. The van der Waals surface area contributed by atoms with Crippen LogP contribution in [0.3, 0.4) is 0 Å². The van der Waals surface area contributed by atoms with Crippen molar-refractivity contribution >= 4 is 17.2 Å². The van der Waals surface area contributed by atoms with E-state index in [-0.39, 0.29) is 17.4 Å². The highest BCUT2D eigenvalue weighted by Crippen LogP contribution is 2.28. The number of hydrogen-bond acceptors (Lipinski definition) is 5. The molecule has 3 aromatic rings. The average Bonchev–Trinajstić information content (AvgIpc) is 3.36. The van der Waals surface area contributed by atoms with Crippen LogP contribution in [0.25, 0.3) is 0 Å². The number of benzene rings is 1. The molecule has 25 heavy (non-hydrogen) atoms. The maximum atomic E-state index is 13.8. The van der Waals surface area contributed by atoms with Gasteiger partial charge in [0.25, 0.3) is 5.91 Å². The number of hydrogen-bond donors (Lipinski definition) is 0. The lowest BCUT2D eigenvalue weighted by molar-refractivity contribution is 0.0785. The molecule has 128 valence electrons. The minimum Gasteiger partial charge on any atom is -0.339 e. The van der Waals surface area contributed by atoms with E-state index in [4.69, 9.17) is 4.52 Å². The zero-order valence-corrected chi connectivity index (χ0v) is 14.2. The molecule has 2 aromatic heterocycles. The summed E-state index contributed by atoms with van der Waals surface area (Å²) < 4.78 is 19.2. The Balaban J connectivity index is 1.43. The van der Waals surface area contributed by atoms with Gasteiger partial charge in [0.15, 0.2) is 5.82 Å². The van der Waals surface area contributed by atoms with Crippen molar-refractivity contribution in [2.45, 2.75) is 18.8 Å². The molecule has 1 atom stereocenters. The van der Waals surface area contributed by atoms with Gasteiger partial charge in [0, 0.05) is 24.4 Å². The van der Waals surface area contributed by atoms with E-state index in [2.05, 4.69) is 10.1 Å². The third-order valence-electron chi connectivity index (χ3n) is 4.33. The predicted octanol–water partition coefficient (Wildman–Crippen LogP) is 3.49. The second kappa shape index (κ2) is 6.76. The second-order valence-corrected chi connectivity index (χ2v) is 7.05. The van der Waals surface area contributed by atoms with E-state index in [0.29, 0.717) is 31.2 Å². The summed E-state index contributed by atoms with van der Waals surface area (Å²) in [6.45, 7) is 1.02. The number of amides is 1. The van der Waals surface area contributed by atoms with Gasteiger partial charge in [-0.2, -0.15) is 4.98 Å². The number of carbonyl (C=O) groups excluding carboxylic acids is 1. The van der Waals surface area contributed by atoms with Gasteiger partial charge in [-0.1, -0.05) is 23.4 Å². The molecule has 0 unspecified atom stereocenters. The summed E-state index contributed by atoms with van der Waals surface area (Å²) in [6.07, 6.45) is 1.38. The van der Waals surface area contributed by atoms with Crippen molar-refractivity contribution in [3.8, 4) is 0 Å². The second-order valence-electron chi connectivity index (χ2n) is 6.02. The van der Waals surface area contributed by atoms with Gasteiger partial charge in [0.2, 0.25) is 5.89 Å². The zero-order valence-electron chi connectivity index (χ0n) is 13.4. The predicted molar refractivity (Wildman–Crippen MR) is 91.1 cm³/mol. The van der Waals surface area contributed by atoms with Crippen molar-refractivity contribution in [1.82, 2.24) is 15.0 Å². The number of likely N-dealkylation sites (tertiary alicyclic amines) is 1. The largest absolute Gasteiger partial charge is 0.339 e. The van der Waals surface area contributed by atoms with Crippen LogP contribution in [0.2, 0.25) is 0 Å². The highest BCUT2D eigenvalue weighted by molar-refractivity contribution is 7.09. The Morgan fingerprint density at radius 2 is 2.20 bits per heavy atom. The lowest BCUT2D eigenvalue weighted by atomic mass is 10.1. The summed E-state index contributed by atoms with van der Waals surface area (Å²) in [7, 11) is 0. The van der Waals surface area contributed by atoms with Gasteiger partial charge in [-0.25, -0.2) is 4.39 Å². The maximum absolute atomic E-state index is 13.8. The van der Waals surface area contributed by atoms with Crippen molar-refractivity contribution in [3.05, 3.63) is 69.8 Å². The van der Waals surface area contributed by atoms with E-state index < -0.39 is 5.82 Å². The molecule has 1 aliphatic rings. The fraction of sp³-hybridized carbons (Fsp3) is 0.278. The van der Waals surface area contributed by atoms with Gasteiger partial charge in [-0.05, 0) is 30.0 Å². The summed E-state index contributed by atoms with van der Waals surface area (Å²) >= 11 is 1.65. The van der Waals surface area contributed by atoms with Crippen LogP contribution in [0.1, 0.15) is 39.3 Å². The Kier molecular flexibility index (Phi) is 4.31. The van der Waals surface area contributed by atoms with Crippen LogP contribution in [-0.4, -0.2) is 34.0 Å². The van der Waals surface area contributed by atoms with E-state index in [9.17, 15) is 9.18 Å². The van der Waals surface area contributed by atoms with Crippen molar-refractivity contribution in [2.75, 3.05) is 13.1 Å². The molecule has 0 radical (unpaired) electrons. The summed E-state index contributed by atoms with van der Waals surface area (Å²) in [5, 5.41) is 6.05. The third kappa shape index (κ3) is 3.32. The minimum absolute atomic E-state index is 0.000286. The first-order valence-corrected chi connectivity index (χ1v) is 8.97. The number of halogens is 1. The first kappa shape index (κ1) is 16.0. The van der Waals surface area contributed by atoms with Gasteiger partial charge in [-0.15, -0.1) is 11.3 Å². The van der Waals surface area contributed by atoms with Gasteiger partial charge < -0.3 is 9.42 Å². The lowest BCUT2D eigenvalue weighted by Crippen LogP contribution is -2.29. The van der Waals surface area contributed by atoms with Crippen molar-refractivity contribution in [2.24, 2.45) is 0 Å². The molecule has 1 aliphatic heterocycles. The third-order valence-corrected chi connectivity index (χ3v) is 5.20. The lowest BCUT2D eigenvalue weighted by Gasteiger charge is -2.16. The smallest absolute Gasteiger partial charge is 0.256 e. The van der Waals surface area contributed by atoms with Crippen LogP contribution < -0.4 is 0 Å². The van der Waals surface area contributed by atoms with Crippen LogP contribution >= 0.6 is 11.3 Å².